The van der Waals surface area contributed by atoms with Gasteiger partial charge in [0.15, 0.2) is 0 Å². The molecular formula is C39H38Cl2F2N4O4. The molecule has 0 saturated carbocycles. The Labute approximate surface area is 305 Å². The molecule has 2 aliphatic heterocycles. The number of anilines is 1. The summed E-state index contributed by atoms with van der Waals surface area (Å²) in [6, 6.07) is 24.2. The van der Waals surface area contributed by atoms with Crippen LogP contribution in [0.3, 0.4) is 0 Å². The van der Waals surface area contributed by atoms with Gasteiger partial charge < -0.3 is 14.9 Å². The number of urea groups is 1. The van der Waals surface area contributed by atoms with Crippen molar-refractivity contribution in [1.29, 1.82) is 0 Å². The monoisotopic (exact) mass is 734 g/mol. The first kappa shape index (κ1) is 36.3. The molecule has 3 amide bonds. The van der Waals surface area contributed by atoms with Gasteiger partial charge in [-0.05, 0) is 72.1 Å². The minimum absolute atomic E-state index is 0.0301. The van der Waals surface area contributed by atoms with Gasteiger partial charge in [0.2, 0.25) is 5.91 Å². The van der Waals surface area contributed by atoms with E-state index in [9.17, 15) is 28.3 Å². The van der Waals surface area contributed by atoms with E-state index in [1.54, 1.807) is 57.2 Å². The van der Waals surface area contributed by atoms with Crippen LogP contribution in [0.2, 0.25) is 10.0 Å². The second-order valence-corrected chi connectivity index (χ2v) is 14.3. The van der Waals surface area contributed by atoms with Crippen LogP contribution in [0.15, 0.2) is 91.0 Å². The summed E-state index contributed by atoms with van der Waals surface area (Å²) in [5.41, 5.74) is 2.80. The lowest BCUT2D eigenvalue weighted by atomic mass is 9.77. The molecule has 2 aliphatic rings. The van der Waals surface area contributed by atoms with Crippen molar-refractivity contribution in [3.8, 4) is 0 Å². The Hall–Kier alpha value is -4.51. The number of piperazine rings is 1. The van der Waals surface area contributed by atoms with Crippen LogP contribution >= 0.6 is 23.2 Å². The predicted molar refractivity (Wildman–Crippen MR) is 193 cm³/mol. The summed E-state index contributed by atoms with van der Waals surface area (Å²) < 4.78 is 27.7. The summed E-state index contributed by atoms with van der Waals surface area (Å²) >= 11 is 12.6. The Morgan fingerprint density at radius 1 is 0.804 bits per heavy atom. The number of halogens is 4. The number of aryl methyl sites for hydroxylation is 1. The summed E-state index contributed by atoms with van der Waals surface area (Å²) in [7, 11) is 0. The van der Waals surface area contributed by atoms with Gasteiger partial charge in [-0.25, -0.2) is 13.6 Å². The third-order valence-electron chi connectivity index (χ3n) is 9.70. The quantitative estimate of drug-likeness (QED) is 0.180. The van der Waals surface area contributed by atoms with Crippen molar-refractivity contribution < 1.29 is 28.3 Å². The number of nitrogens with zero attached hydrogens (tertiary/aromatic N) is 4. The third-order valence-corrected chi connectivity index (χ3v) is 10.3. The molecule has 1 atom stereocenters. The summed E-state index contributed by atoms with van der Waals surface area (Å²) in [5.74, 6) is -2.00. The molecule has 0 bridgehead atoms. The minimum atomic E-state index is -1.12. The van der Waals surface area contributed by atoms with E-state index in [-0.39, 0.29) is 62.1 Å². The van der Waals surface area contributed by atoms with Crippen LogP contribution in [0.5, 0.6) is 0 Å². The van der Waals surface area contributed by atoms with E-state index in [0.717, 1.165) is 16.7 Å². The Balaban J connectivity index is 1.24. The van der Waals surface area contributed by atoms with Crippen molar-refractivity contribution >= 4 is 46.8 Å². The molecule has 2 fully saturated rings. The summed E-state index contributed by atoms with van der Waals surface area (Å²) in [4.78, 5) is 47.6. The second-order valence-electron chi connectivity index (χ2n) is 13.5. The Morgan fingerprint density at radius 2 is 1.39 bits per heavy atom. The van der Waals surface area contributed by atoms with Crippen LogP contribution < -0.4 is 4.90 Å². The SMILES string of the molecule is Cc1ccc(N2CC(CC(=O)O)(CC(=O)N3CCN(C(c4ccc(F)cc4)c4ccc(F)cc4)CC3)CN(Cc3ccc(Cl)cc3Cl)C2=O)cc1. The third kappa shape index (κ3) is 8.52. The predicted octanol–water partition coefficient (Wildman–Crippen LogP) is 7.81. The van der Waals surface area contributed by atoms with Gasteiger partial charge in [0.1, 0.15) is 11.6 Å². The van der Waals surface area contributed by atoms with Crippen LogP contribution in [-0.4, -0.2) is 77.0 Å². The molecule has 0 aliphatic carbocycles. The summed E-state index contributed by atoms with van der Waals surface area (Å²) in [6.45, 7) is 3.79. The molecule has 1 N–H and O–H groups in total. The Kier molecular flexibility index (Phi) is 10.9. The fraction of sp³-hybridized carbons (Fsp3) is 0.308. The van der Waals surface area contributed by atoms with Crippen molar-refractivity contribution in [2.24, 2.45) is 5.41 Å². The molecule has 4 aromatic carbocycles. The van der Waals surface area contributed by atoms with Crippen molar-refractivity contribution in [3.05, 3.63) is 135 Å². The zero-order chi connectivity index (χ0) is 36.3. The Bertz CT molecular complexity index is 1840. The van der Waals surface area contributed by atoms with Crippen LogP contribution in [0.4, 0.5) is 19.3 Å². The molecule has 0 radical (unpaired) electrons. The fourth-order valence-electron chi connectivity index (χ4n) is 7.18. The van der Waals surface area contributed by atoms with E-state index in [1.165, 1.54) is 24.3 Å². The molecule has 0 aromatic heterocycles. The maximum absolute atomic E-state index is 14.1. The van der Waals surface area contributed by atoms with E-state index in [0.29, 0.717) is 47.5 Å². The first-order valence-electron chi connectivity index (χ1n) is 16.7. The zero-order valence-corrected chi connectivity index (χ0v) is 29.6. The number of hydrogen-bond donors (Lipinski definition) is 1. The van der Waals surface area contributed by atoms with Gasteiger partial charge in [-0.2, -0.15) is 0 Å². The lowest BCUT2D eigenvalue weighted by Crippen LogP contribution is -2.60. The summed E-state index contributed by atoms with van der Waals surface area (Å²) in [5, 5.41) is 11.0. The number of hydrogen-bond acceptors (Lipinski definition) is 4. The van der Waals surface area contributed by atoms with Crippen molar-refractivity contribution in [1.82, 2.24) is 14.7 Å². The van der Waals surface area contributed by atoms with Crippen LogP contribution in [0.25, 0.3) is 0 Å². The molecule has 266 valence electrons. The maximum atomic E-state index is 14.1. The van der Waals surface area contributed by atoms with E-state index < -0.39 is 11.4 Å². The number of carbonyl (C=O) groups is 3. The number of carboxylic acids is 1. The van der Waals surface area contributed by atoms with Crippen LogP contribution in [0, 0.1) is 24.0 Å². The molecule has 0 spiro atoms. The highest BCUT2D eigenvalue weighted by atomic mass is 35.5. The molecule has 1 unspecified atom stereocenters. The van der Waals surface area contributed by atoms with Crippen molar-refractivity contribution in [3.63, 3.8) is 0 Å². The molecule has 4 aromatic rings. The van der Waals surface area contributed by atoms with Gasteiger partial charge in [-0.1, -0.05) is 71.2 Å². The van der Waals surface area contributed by atoms with Crippen LogP contribution in [0.1, 0.15) is 41.1 Å². The number of rotatable bonds is 10. The first-order chi connectivity index (χ1) is 24.4. The number of amides is 3. The second kappa shape index (κ2) is 15.4. The zero-order valence-electron chi connectivity index (χ0n) is 28.1. The van der Waals surface area contributed by atoms with Gasteiger partial charge in [-0.15, -0.1) is 0 Å². The fourth-order valence-corrected chi connectivity index (χ4v) is 7.64. The largest absolute Gasteiger partial charge is 0.481 e. The molecule has 12 heteroatoms. The average molecular weight is 736 g/mol. The van der Waals surface area contributed by atoms with Gasteiger partial charge in [-0.3, -0.25) is 19.4 Å². The van der Waals surface area contributed by atoms with Crippen molar-refractivity contribution in [2.75, 3.05) is 44.2 Å². The standard InChI is InChI=1S/C39H38Cl2F2N4O4/c1-26-2-14-33(15-3-26)47-25-39(22-36(49)50,24-46(38(47)51)23-29-4-9-30(40)20-34(29)41)21-35(48)44-16-18-45(19-17-44)37(27-5-10-31(42)11-6-27)28-7-12-32(43)13-8-28/h2-15,20,37H,16-19,21-25H2,1H3,(H,49,50). The van der Waals surface area contributed by atoms with E-state index in [1.807, 2.05) is 31.2 Å². The van der Waals surface area contributed by atoms with E-state index >= 15 is 0 Å². The smallest absolute Gasteiger partial charge is 0.324 e. The van der Waals surface area contributed by atoms with Crippen LogP contribution in [-0.2, 0) is 16.1 Å². The van der Waals surface area contributed by atoms with Crippen molar-refractivity contribution in [2.45, 2.75) is 32.4 Å². The first-order valence-corrected chi connectivity index (χ1v) is 17.5. The number of benzene rings is 4. The van der Waals surface area contributed by atoms with E-state index in [4.69, 9.17) is 23.2 Å². The number of carboxylic acid groups (broad SMARTS) is 1. The highest BCUT2D eigenvalue weighted by molar-refractivity contribution is 6.35. The molecule has 51 heavy (non-hydrogen) atoms. The highest BCUT2D eigenvalue weighted by Crippen LogP contribution is 2.39. The number of aliphatic carboxylic acids is 1. The van der Waals surface area contributed by atoms with E-state index in [2.05, 4.69) is 4.90 Å². The number of carbonyl (C=O) groups excluding carboxylic acids is 2. The highest BCUT2D eigenvalue weighted by Gasteiger charge is 2.47. The lowest BCUT2D eigenvalue weighted by molar-refractivity contribution is -0.142. The van der Waals surface area contributed by atoms with Gasteiger partial charge >= 0.3 is 12.0 Å². The van der Waals surface area contributed by atoms with Gasteiger partial charge in [0, 0.05) is 73.4 Å². The average Bonchev–Trinajstić information content (AvgIpc) is 3.09. The molecule has 6 rings (SSSR count). The molecule has 2 saturated heterocycles. The summed E-state index contributed by atoms with van der Waals surface area (Å²) in [6.07, 6.45) is -0.435. The van der Waals surface area contributed by atoms with Gasteiger partial charge in [0.25, 0.3) is 0 Å². The Morgan fingerprint density at radius 3 is 1.94 bits per heavy atom. The lowest BCUT2D eigenvalue weighted by Gasteiger charge is -2.48. The molecule has 8 nitrogen and oxygen atoms in total. The van der Waals surface area contributed by atoms with Gasteiger partial charge in [0.05, 0.1) is 12.5 Å². The molecule has 2 heterocycles. The normalized spacial score (nSPS) is 18.4. The topological polar surface area (TPSA) is 84.4 Å². The molecular weight excluding hydrogens is 697 g/mol. The minimum Gasteiger partial charge on any atom is -0.481 e. The maximum Gasteiger partial charge on any atom is 0.324 e.